The molecule has 5 amide bonds. The number of amides is 5. The SMILES string of the molecule is CCn1nc(C)cc1C(=O)Nc1nc2cc(C(N)=O)cc(OC)c2n1C/C=C/Cn1c(NC(=O)c2cc(C)nn2CC)nc2cc(C(N)=O)cc(OCCCN3CCC(c4nnc5n4CCN(C(=O)CCOCCOCCOCCOCCON)C5)CC3)c21. The van der Waals surface area contributed by atoms with Crippen molar-refractivity contribution >= 4 is 63.5 Å². The second-order valence-electron chi connectivity index (χ2n) is 21.4. The van der Waals surface area contributed by atoms with Gasteiger partial charge in [-0.15, -0.1) is 10.2 Å². The summed E-state index contributed by atoms with van der Waals surface area (Å²) in [7, 11) is 1.46. The molecule has 30 nitrogen and oxygen atoms in total. The highest BCUT2D eigenvalue weighted by molar-refractivity contribution is 6.05. The summed E-state index contributed by atoms with van der Waals surface area (Å²) < 4.78 is 43.2. The molecule has 1 saturated heterocycles. The number of piperidine rings is 1. The fraction of sp³-hybridized carbons (Fsp3) is 0.508. The zero-order valence-corrected chi connectivity index (χ0v) is 51.1. The third-order valence-corrected chi connectivity index (χ3v) is 15.3. The number of aryl methyl sites for hydroxylation is 4. The number of allylic oxidation sites excluding steroid dienone is 2. The van der Waals surface area contributed by atoms with Gasteiger partial charge in [-0.3, -0.25) is 44.0 Å². The van der Waals surface area contributed by atoms with Crippen LogP contribution in [0.4, 0.5) is 11.9 Å². The van der Waals surface area contributed by atoms with Gasteiger partial charge in [-0.25, -0.2) is 15.9 Å². The standard InChI is InChI=1S/C59H80N18O12/c1-6-76-45(31-38(3)69-76)56(81)65-58-63-43-33-41(53(60)79)35-47(83-5)51(43)74(58)15-8-9-16-75-52-44(64-59(75)66-57(82)46-32-39(4)70-77(46)7-2)34-42(54(61)80)36-48(52)88-21-10-14-71-17-11-40(12-18-71)55-68-67-49-37-72(19-20-73(49)55)50(78)13-22-84-23-24-85-25-26-86-27-28-87-29-30-89-62/h8-9,31-36,40H,6-7,10-30,37,62H2,1-5H3,(H2,60,79)(H2,61,80)(H,63,65,81)(H,64,66,82)/b9-8+. The molecule has 9 rings (SSSR count). The number of nitrogens with two attached hydrogens (primary N) is 3. The smallest absolute Gasteiger partial charge is 0.276 e. The van der Waals surface area contributed by atoms with E-state index in [4.69, 9.17) is 55.8 Å². The lowest BCUT2D eigenvalue weighted by Crippen LogP contribution is -2.40. The molecule has 478 valence electrons. The highest BCUT2D eigenvalue weighted by atomic mass is 16.6. The number of hydrogen-bond acceptors (Lipinski definition) is 20. The van der Waals surface area contributed by atoms with Gasteiger partial charge in [0.1, 0.15) is 39.7 Å². The second-order valence-corrected chi connectivity index (χ2v) is 21.4. The van der Waals surface area contributed by atoms with Gasteiger partial charge in [0.05, 0.1) is 109 Å². The van der Waals surface area contributed by atoms with E-state index in [2.05, 4.69) is 45.3 Å². The Balaban J connectivity index is 0.832. The molecule has 7 aromatic rings. The lowest BCUT2D eigenvalue weighted by atomic mass is 9.95. The molecule has 8 N–H and O–H groups in total. The molecular formula is C59H80N18O12. The maximum Gasteiger partial charge on any atom is 0.276 e. The number of likely N-dealkylation sites (tertiary alicyclic amines) is 1. The van der Waals surface area contributed by atoms with Crippen LogP contribution in [-0.2, 0) is 67.8 Å². The van der Waals surface area contributed by atoms with Crippen LogP contribution in [0.5, 0.6) is 11.5 Å². The minimum absolute atomic E-state index is 0.00591. The first-order chi connectivity index (χ1) is 43.2. The van der Waals surface area contributed by atoms with Crippen LogP contribution in [0.1, 0.15) is 110 Å². The van der Waals surface area contributed by atoms with E-state index in [1.807, 2.05) is 30.9 Å². The molecule has 5 aromatic heterocycles. The van der Waals surface area contributed by atoms with Crippen molar-refractivity contribution in [2.24, 2.45) is 17.4 Å². The maximum absolute atomic E-state index is 14.1. The van der Waals surface area contributed by atoms with E-state index in [-0.39, 0.29) is 61.0 Å². The number of carbonyl (C=O) groups excluding carboxylic acids is 5. The van der Waals surface area contributed by atoms with Crippen LogP contribution in [-0.4, -0.2) is 192 Å². The zero-order valence-electron chi connectivity index (χ0n) is 51.1. The van der Waals surface area contributed by atoms with E-state index in [1.165, 1.54) is 19.2 Å². The van der Waals surface area contributed by atoms with Gasteiger partial charge >= 0.3 is 0 Å². The first-order valence-corrected chi connectivity index (χ1v) is 29.9. The summed E-state index contributed by atoms with van der Waals surface area (Å²) in [6.07, 6.45) is 6.39. The summed E-state index contributed by atoms with van der Waals surface area (Å²) in [6, 6.07) is 9.59. The molecule has 0 spiro atoms. The van der Waals surface area contributed by atoms with Crippen molar-refractivity contribution in [3.8, 4) is 11.5 Å². The number of fused-ring (bicyclic) bond motifs is 3. The van der Waals surface area contributed by atoms with Crippen molar-refractivity contribution in [2.75, 3.05) is 110 Å². The number of nitrogens with one attached hydrogen (secondary N) is 2. The molecule has 2 aromatic carbocycles. The molecule has 2 aliphatic rings. The van der Waals surface area contributed by atoms with Crippen molar-refractivity contribution in [3.63, 3.8) is 0 Å². The van der Waals surface area contributed by atoms with Crippen molar-refractivity contribution in [3.05, 3.63) is 94.1 Å². The lowest BCUT2D eigenvalue weighted by Gasteiger charge is -2.33. The number of hydrogen-bond donors (Lipinski definition) is 5. The predicted octanol–water partition coefficient (Wildman–Crippen LogP) is 3.33. The van der Waals surface area contributed by atoms with Crippen LogP contribution in [0.25, 0.3) is 22.1 Å². The van der Waals surface area contributed by atoms with Gasteiger partial charge in [0.2, 0.25) is 29.6 Å². The molecule has 0 aliphatic carbocycles. The number of imidazole rings is 2. The van der Waals surface area contributed by atoms with Crippen molar-refractivity contribution in [1.29, 1.82) is 0 Å². The largest absolute Gasteiger partial charge is 0.494 e. The van der Waals surface area contributed by atoms with Gasteiger partial charge < -0.3 is 68.2 Å². The van der Waals surface area contributed by atoms with Gasteiger partial charge in [0.15, 0.2) is 5.82 Å². The number of aromatic nitrogens is 11. The lowest BCUT2D eigenvalue weighted by molar-refractivity contribution is -0.134. The Bertz CT molecular complexity index is 3630. The highest BCUT2D eigenvalue weighted by Gasteiger charge is 2.31. The number of anilines is 2. The fourth-order valence-corrected chi connectivity index (χ4v) is 11.0. The molecule has 0 radical (unpaired) electrons. The molecule has 2 aliphatic heterocycles. The fourth-order valence-electron chi connectivity index (χ4n) is 11.0. The Morgan fingerprint density at radius 1 is 0.640 bits per heavy atom. The first-order valence-electron chi connectivity index (χ1n) is 29.9. The first kappa shape index (κ1) is 64.8. The number of carbonyl (C=O) groups is 5. The molecule has 1 fully saturated rings. The summed E-state index contributed by atoms with van der Waals surface area (Å²) in [5, 5.41) is 24.0. The van der Waals surface area contributed by atoms with Gasteiger partial charge in [-0.2, -0.15) is 10.2 Å². The van der Waals surface area contributed by atoms with Gasteiger partial charge in [0, 0.05) is 62.9 Å². The third kappa shape index (κ3) is 16.2. The Kier molecular flexibility index (Phi) is 22.6. The Morgan fingerprint density at radius 2 is 1.16 bits per heavy atom. The summed E-state index contributed by atoms with van der Waals surface area (Å²) in [6.45, 7) is 16.4. The molecule has 0 atom stereocenters. The number of primary amides is 2. The third-order valence-electron chi connectivity index (χ3n) is 15.3. The Labute approximate surface area is 513 Å². The van der Waals surface area contributed by atoms with Crippen LogP contribution >= 0.6 is 0 Å². The highest BCUT2D eigenvalue weighted by Crippen LogP contribution is 2.34. The maximum atomic E-state index is 14.1. The zero-order chi connectivity index (χ0) is 63.0. The number of nitrogens with zero attached hydrogens (tertiary/aromatic N) is 13. The molecule has 0 saturated carbocycles. The van der Waals surface area contributed by atoms with E-state index in [9.17, 15) is 24.0 Å². The topological polar surface area (TPSA) is 361 Å². The number of methoxy groups -OCH3 is 1. The van der Waals surface area contributed by atoms with Crippen LogP contribution in [0.15, 0.2) is 48.6 Å². The van der Waals surface area contributed by atoms with Crippen LogP contribution in [0.2, 0.25) is 0 Å². The predicted molar refractivity (Wildman–Crippen MR) is 325 cm³/mol. The summed E-state index contributed by atoms with van der Waals surface area (Å²) in [5.74, 6) is 5.64. The quantitative estimate of drug-likeness (QED) is 0.0219. The Hall–Kier alpha value is -8.65. The molecule has 7 heterocycles. The minimum Gasteiger partial charge on any atom is -0.494 e. The molecule has 30 heteroatoms. The van der Waals surface area contributed by atoms with Crippen LogP contribution < -0.4 is 37.5 Å². The van der Waals surface area contributed by atoms with Gasteiger partial charge in [-0.05, 0) is 96.4 Å². The molecule has 89 heavy (non-hydrogen) atoms. The van der Waals surface area contributed by atoms with E-state index in [1.54, 1.807) is 56.6 Å². The van der Waals surface area contributed by atoms with Crippen molar-refractivity contribution < 1.29 is 57.2 Å². The van der Waals surface area contributed by atoms with E-state index in [0.29, 0.717) is 155 Å². The molecular weight excluding hydrogens is 1150 g/mol. The summed E-state index contributed by atoms with van der Waals surface area (Å²) in [4.78, 5) is 84.5. The van der Waals surface area contributed by atoms with Crippen LogP contribution in [0.3, 0.4) is 0 Å². The summed E-state index contributed by atoms with van der Waals surface area (Å²) >= 11 is 0. The monoisotopic (exact) mass is 1230 g/mol. The average Bonchev–Trinajstić information content (AvgIpc) is 2.00. The number of ether oxygens (including phenoxy) is 6. The van der Waals surface area contributed by atoms with E-state index < -0.39 is 23.6 Å². The second kappa shape index (κ2) is 31.0. The number of rotatable bonds is 34. The van der Waals surface area contributed by atoms with Gasteiger partial charge in [0.25, 0.3) is 11.8 Å². The minimum atomic E-state index is -0.683. The molecule has 0 unspecified atom stereocenters. The number of benzene rings is 2. The van der Waals surface area contributed by atoms with Gasteiger partial charge in [-0.1, -0.05) is 12.2 Å². The van der Waals surface area contributed by atoms with E-state index in [0.717, 1.165) is 44.1 Å². The molecule has 0 bridgehead atoms. The summed E-state index contributed by atoms with van der Waals surface area (Å²) in [5.41, 5.74) is 15.6. The average molecular weight is 1230 g/mol. The van der Waals surface area contributed by atoms with E-state index >= 15 is 0 Å². The normalized spacial score (nSPS) is 13.9. The Morgan fingerprint density at radius 3 is 1.67 bits per heavy atom. The van der Waals surface area contributed by atoms with Crippen molar-refractivity contribution in [1.82, 2.24) is 63.2 Å². The van der Waals surface area contributed by atoms with Crippen molar-refractivity contribution in [2.45, 2.75) is 98.6 Å². The van der Waals surface area contributed by atoms with Crippen LogP contribution in [0, 0.1) is 13.8 Å².